The Balaban J connectivity index is 2.18. The van der Waals surface area contributed by atoms with Crippen molar-refractivity contribution in [3.05, 3.63) is 33.1 Å². The van der Waals surface area contributed by atoms with Crippen molar-refractivity contribution in [3.8, 4) is 0 Å². The molecule has 1 aliphatic rings. The maximum atomic E-state index is 13.7. The average Bonchev–Trinajstić information content (AvgIpc) is 2.32. The second-order valence-electron chi connectivity index (χ2n) is 4.28. The van der Waals surface area contributed by atoms with Crippen LogP contribution in [-0.4, -0.2) is 13.1 Å². The zero-order valence-electron chi connectivity index (χ0n) is 9.05. The molecule has 1 aromatic rings. The summed E-state index contributed by atoms with van der Waals surface area (Å²) in [4.78, 5) is 0. The topological polar surface area (TPSA) is 38.0 Å². The van der Waals surface area contributed by atoms with Gasteiger partial charge in [-0.05, 0) is 72.6 Å². The SMILES string of the molecule is N[C@@H](c1cc(I)ccc1F)C1CCNCC1. The van der Waals surface area contributed by atoms with Crippen molar-refractivity contribution in [2.24, 2.45) is 11.7 Å². The molecule has 3 N–H and O–H groups in total. The van der Waals surface area contributed by atoms with Gasteiger partial charge in [0.25, 0.3) is 0 Å². The first kappa shape index (κ1) is 12.3. The monoisotopic (exact) mass is 334 g/mol. The van der Waals surface area contributed by atoms with Crippen molar-refractivity contribution in [3.63, 3.8) is 0 Å². The zero-order valence-corrected chi connectivity index (χ0v) is 11.2. The molecule has 0 bridgehead atoms. The highest BCUT2D eigenvalue weighted by Gasteiger charge is 2.23. The molecule has 0 unspecified atom stereocenters. The van der Waals surface area contributed by atoms with Crippen LogP contribution in [-0.2, 0) is 0 Å². The van der Waals surface area contributed by atoms with E-state index in [9.17, 15) is 4.39 Å². The van der Waals surface area contributed by atoms with E-state index in [1.807, 2.05) is 6.07 Å². The summed E-state index contributed by atoms with van der Waals surface area (Å²) in [6.45, 7) is 1.98. The number of benzene rings is 1. The van der Waals surface area contributed by atoms with E-state index in [1.54, 1.807) is 6.07 Å². The van der Waals surface area contributed by atoms with E-state index in [0.29, 0.717) is 11.5 Å². The molecule has 1 heterocycles. The Morgan fingerprint density at radius 1 is 1.38 bits per heavy atom. The van der Waals surface area contributed by atoms with Crippen LogP contribution in [0.2, 0.25) is 0 Å². The number of nitrogens with two attached hydrogens (primary N) is 1. The van der Waals surface area contributed by atoms with Crippen LogP contribution >= 0.6 is 22.6 Å². The second-order valence-corrected chi connectivity index (χ2v) is 5.52. The summed E-state index contributed by atoms with van der Waals surface area (Å²) >= 11 is 2.19. The summed E-state index contributed by atoms with van der Waals surface area (Å²) in [5, 5.41) is 3.30. The van der Waals surface area contributed by atoms with Crippen molar-refractivity contribution in [2.45, 2.75) is 18.9 Å². The van der Waals surface area contributed by atoms with Gasteiger partial charge in [-0.25, -0.2) is 4.39 Å². The Morgan fingerprint density at radius 2 is 2.06 bits per heavy atom. The van der Waals surface area contributed by atoms with Crippen LogP contribution in [0.15, 0.2) is 18.2 Å². The van der Waals surface area contributed by atoms with Crippen LogP contribution in [0, 0.1) is 15.3 Å². The van der Waals surface area contributed by atoms with Crippen LogP contribution in [0.3, 0.4) is 0 Å². The first-order valence-electron chi connectivity index (χ1n) is 5.59. The van der Waals surface area contributed by atoms with E-state index in [-0.39, 0.29) is 11.9 Å². The maximum Gasteiger partial charge on any atom is 0.128 e. The minimum Gasteiger partial charge on any atom is -0.324 e. The minimum atomic E-state index is -0.175. The van der Waals surface area contributed by atoms with Crippen LogP contribution < -0.4 is 11.1 Å². The van der Waals surface area contributed by atoms with Crippen molar-refractivity contribution < 1.29 is 4.39 Å². The number of rotatable bonds is 2. The molecule has 1 aliphatic heterocycles. The minimum absolute atomic E-state index is 0.170. The molecule has 1 aromatic carbocycles. The summed E-state index contributed by atoms with van der Waals surface area (Å²) in [6, 6.07) is 4.98. The van der Waals surface area contributed by atoms with Crippen molar-refractivity contribution in [1.82, 2.24) is 5.32 Å². The predicted molar refractivity (Wildman–Crippen MR) is 71.6 cm³/mol. The molecule has 1 saturated heterocycles. The lowest BCUT2D eigenvalue weighted by Gasteiger charge is -2.28. The first-order chi connectivity index (χ1) is 7.68. The predicted octanol–water partition coefficient (Wildman–Crippen LogP) is 2.43. The fraction of sp³-hybridized carbons (Fsp3) is 0.500. The smallest absolute Gasteiger partial charge is 0.128 e. The highest BCUT2D eigenvalue weighted by Crippen LogP contribution is 2.29. The summed E-state index contributed by atoms with van der Waals surface area (Å²) in [5.41, 5.74) is 6.83. The molecular formula is C12H16FIN2. The standard InChI is InChI=1S/C12H16FIN2/c13-11-2-1-9(14)7-10(11)12(15)8-3-5-16-6-4-8/h1-2,7-8,12,16H,3-6,15H2/t12-/m1/s1. The molecule has 0 aliphatic carbocycles. The first-order valence-corrected chi connectivity index (χ1v) is 6.67. The van der Waals surface area contributed by atoms with Gasteiger partial charge in [0, 0.05) is 15.2 Å². The zero-order chi connectivity index (χ0) is 11.5. The van der Waals surface area contributed by atoms with Crippen molar-refractivity contribution in [2.75, 3.05) is 13.1 Å². The molecule has 0 amide bonds. The van der Waals surface area contributed by atoms with Gasteiger partial charge in [-0.3, -0.25) is 0 Å². The fourth-order valence-corrected chi connectivity index (χ4v) is 2.74. The largest absolute Gasteiger partial charge is 0.324 e. The average molecular weight is 334 g/mol. The van der Waals surface area contributed by atoms with Gasteiger partial charge in [-0.1, -0.05) is 0 Å². The Bertz CT molecular complexity index is 364. The lowest BCUT2D eigenvalue weighted by Crippen LogP contribution is -2.34. The number of hydrogen-bond donors (Lipinski definition) is 2. The van der Waals surface area contributed by atoms with Crippen LogP contribution in [0.25, 0.3) is 0 Å². The van der Waals surface area contributed by atoms with Gasteiger partial charge in [0.1, 0.15) is 5.82 Å². The van der Waals surface area contributed by atoms with Gasteiger partial charge >= 0.3 is 0 Å². The molecule has 16 heavy (non-hydrogen) atoms. The molecule has 2 nitrogen and oxygen atoms in total. The summed E-state index contributed by atoms with van der Waals surface area (Å²) in [6.07, 6.45) is 2.07. The van der Waals surface area contributed by atoms with Gasteiger partial charge in [-0.15, -0.1) is 0 Å². The molecule has 1 atom stereocenters. The molecular weight excluding hydrogens is 318 g/mol. The molecule has 0 saturated carbocycles. The van der Waals surface area contributed by atoms with Crippen LogP contribution in [0.4, 0.5) is 4.39 Å². The van der Waals surface area contributed by atoms with Crippen molar-refractivity contribution >= 4 is 22.6 Å². The van der Waals surface area contributed by atoms with Crippen LogP contribution in [0.1, 0.15) is 24.4 Å². The highest BCUT2D eigenvalue weighted by atomic mass is 127. The summed E-state index contributed by atoms with van der Waals surface area (Å²) in [7, 11) is 0. The third-order valence-corrected chi connectivity index (χ3v) is 3.88. The molecule has 4 heteroatoms. The highest BCUT2D eigenvalue weighted by molar-refractivity contribution is 14.1. The Hall–Kier alpha value is -0.200. The summed E-state index contributed by atoms with van der Waals surface area (Å²) < 4.78 is 14.7. The van der Waals surface area contributed by atoms with E-state index in [2.05, 4.69) is 27.9 Å². The van der Waals surface area contributed by atoms with Gasteiger partial charge in [0.2, 0.25) is 0 Å². The number of halogens is 2. The third kappa shape index (κ3) is 2.73. The van der Waals surface area contributed by atoms with Gasteiger partial charge < -0.3 is 11.1 Å². The van der Waals surface area contributed by atoms with Gasteiger partial charge in [0.05, 0.1) is 0 Å². The molecule has 0 aromatic heterocycles. The lowest BCUT2D eigenvalue weighted by molar-refractivity contribution is 0.317. The van der Waals surface area contributed by atoms with Gasteiger partial charge in [-0.2, -0.15) is 0 Å². The molecule has 2 rings (SSSR count). The summed E-state index contributed by atoms with van der Waals surface area (Å²) in [5.74, 6) is 0.223. The Kier molecular flexibility index (Phi) is 4.16. The molecule has 0 spiro atoms. The quantitative estimate of drug-likeness (QED) is 0.816. The van der Waals surface area contributed by atoms with E-state index < -0.39 is 0 Å². The molecule has 1 fully saturated rings. The second kappa shape index (κ2) is 5.42. The number of piperidine rings is 1. The number of nitrogens with one attached hydrogen (secondary N) is 1. The Morgan fingerprint density at radius 3 is 2.75 bits per heavy atom. The molecule has 0 radical (unpaired) electrons. The maximum absolute atomic E-state index is 13.7. The van der Waals surface area contributed by atoms with Crippen molar-refractivity contribution in [1.29, 1.82) is 0 Å². The van der Waals surface area contributed by atoms with E-state index in [0.717, 1.165) is 29.5 Å². The van der Waals surface area contributed by atoms with Gasteiger partial charge in [0.15, 0.2) is 0 Å². The van der Waals surface area contributed by atoms with E-state index in [1.165, 1.54) is 6.07 Å². The Labute approximate surface area is 109 Å². The van der Waals surface area contributed by atoms with Crippen LogP contribution in [0.5, 0.6) is 0 Å². The van der Waals surface area contributed by atoms with E-state index in [4.69, 9.17) is 5.73 Å². The van der Waals surface area contributed by atoms with E-state index >= 15 is 0 Å². The normalized spacial score (nSPS) is 19.7. The fourth-order valence-electron chi connectivity index (χ4n) is 2.23. The third-order valence-electron chi connectivity index (χ3n) is 3.21. The number of hydrogen-bond acceptors (Lipinski definition) is 2. The lowest BCUT2D eigenvalue weighted by atomic mass is 9.86. The molecule has 88 valence electrons.